The number of nitrogens with zero attached hydrogens (tertiary/aromatic N) is 4. The van der Waals surface area contributed by atoms with Gasteiger partial charge in [0.05, 0.1) is 28.3 Å². The van der Waals surface area contributed by atoms with Crippen LogP contribution >= 0.6 is 11.6 Å². The van der Waals surface area contributed by atoms with E-state index in [2.05, 4.69) is 78.0 Å². The molecule has 0 saturated carbocycles. The zero-order valence-electron chi connectivity index (χ0n) is 34.1. The first-order chi connectivity index (χ1) is 29.0. The molecule has 60 heavy (non-hydrogen) atoms. The normalized spacial score (nSPS) is 11.1. The number of fused-ring (bicyclic) bond motifs is 1. The largest absolute Gasteiger partial charge is 0.488 e. The van der Waals surface area contributed by atoms with Gasteiger partial charge in [-0.3, -0.25) is 19.3 Å². The quantitative estimate of drug-likeness (QED) is 0.0511. The van der Waals surface area contributed by atoms with Crippen molar-refractivity contribution in [3.8, 4) is 39.8 Å². The predicted molar refractivity (Wildman–Crippen MR) is 232 cm³/mol. The smallest absolute Gasteiger partial charge is 0.303 e. The van der Waals surface area contributed by atoms with E-state index in [0.29, 0.717) is 67.7 Å². The van der Waals surface area contributed by atoms with Crippen molar-refractivity contribution in [3.05, 3.63) is 129 Å². The summed E-state index contributed by atoms with van der Waals surface area (Å²) in [6.07, 6.45) is 4.45. The topological polar surface area (TPSA) is 172 Å². The SMILES string of the molecule is Cc1c(COc2cc(OCc3cncc(C#N)c3)c(CNCCCC(=O)O)cc2Cl)cccc1-c1cccc(-c2ccc3c(c2)c(C)nn3CCNCCCC(=O)O)c1C. The Morgan fingerprint density at radius 3 is 2.23 bits per heavy atom. The van der Waals surface area contributed by atoms with E-state index >= 15 is 0 Å². The van der Waals surface area contributed by atoms with Crippen molar-refractivity contribution in [2.75, 3.05) is 19.6 Å². The predicted octanol–water partition coefficient (Wildman–Crippen LogP) is 8.78. The molecule has 310 valence electrons. The van der Waals surface area contributed by atoms with Crippen LogP contribution in [0, 0.1) is 32.1 Å². The second kappa shape index (κ2) is 20.6. The van der Waals surface area contributed by atoms with Gasteiger partial charge in [-0.05, 0) is 110 Å². The third-order valence-electron chi connectivity index (χ3n) is 10.4. The summed E-state index contributed by atoms with van der Waals surface area (Å²) in [6, 6.07) is 26.5. The molecule has 0 radical (unpaired) electrons. The van der Waals surface area contributed by atoms with Gasteiger partial charge in [0, 0.05) is 60.9 Å². The van der Waals surface area contributed by atoms with E-state index in [1.165, 1.54) is 6.20 Å². The zero-order valence-corrected chi connectivity index (χ0v) is 34.8. The lowest BCUT2D eigenvalue weighted by molar-refractivity contribution is -0.138. The minimum atomic E-state index is -0.841. The second-order valence-corrected chi connectivity index (χ2v) is 15.1. The number of rotatable bonds is 21. The Balaban J connectivity index is 1.19. The lowest BCUT2D eigenvalue weighted by atomic mass is 9.89. The fourth-order valence-electron chi connectivity index (χ4n) is 7.22. The fraction of sp³-hybridized carbons (Fsp3) is 0.298. The van der Waals surface area contributed by atoms with Crippen LogP contribution in [0.5, 0.6) is 11.5 Å². The minimum Gasteiger partial charge on any atom is -0.488 e. The monoisotopic (exact) mass is 828 g/mol. The number of hydrogen-bond donors (Lipinski definition) is 4. The van der Waals surface area contributed by atoms with E-state index in [1.807, 2.05) is 23.7 Å². The third-order valence-corrected chi connectivity index (χ3v) is 10.7. The molecule has 0 bridgehead atoms. The summed E-state index contributed by atoms with van der Waals surface area (Å²) in [5.41, 5.74) is 11.7. The molecule has 0 atom stereocenters. The summed E-state index contributed by atoms with van der Waals surface area (Å²) < 4.78 is 14.6. The van der Waals surface area contributed by atoms with Gasteiger partial charge in [0.2, 0.25) is 0 Å². The van der Waals surface area contributed by atoms with Crippen LogP contribution in [0.2, 0.25) is 5.02 Å². The van der Waals surface area contributed by atoms with E-state index in [4.69, 9.17) is 36.4 Å². The van der Waals surface area contributed by atoms with E-state index < -0.39 is 11.9 Å². The number of nitrogens with one attached hydrogen (secondary N) is 2. The number of benzene rings is 4. The number of aromatic nitrogens is 3. The van der Waals surface area contributed by atoms with Crippen LogP contribution in [-0.2, 0) is 35.9 Å². The van der Waals surface area contributed by atoms with E-state index in [0.717, 1.165) is 66.7 Å². The maximum atomic E-state index is 11.0. The maximum absolute atomic E-state index is 11.0. The van der Waals surface area contributed by atoms with Crippen molar-refractivity contribution in [2.24, 2.45) is 0 Å². The number of carbonyl (C=O) groups is 2. The molecule has 12 nitrogen and oxygen atoms in total. The molecule has 2 aromatic heterocycles. The number of aryl methyl sites for hydroxylation is 1. The Morgan fingerprint density at radius 1 is 0.783 bits per heavy atom. The maximum Gasteiger partial charge on any atom is 0.303 e. The van der Waals surface area contributed by atoms with Crippen LogP contribution in [0.15, 0.2) is 85.2 Å². The number of hydrogen-bond acceptors (Lipinski definition) is 9. The van der Waals surface area contributed by atoms with Gasteiger partial charge in [0.15, 0.2) is 0 Å². The molecule has 4 N–H and O–H groups in total. The molecule has 6 aromatic rings. The molecule has 6 rings (SSSR count). The number of ether oxygens (including phenoxy) is 2. The van der Waals surface area contributed by atoms with Crippen LogP contribution < -0.4 is 20.1 Å². The van der Waals surface area contributed by atoms with Crippen molar-refractivity contribution in [3.63, 3.8) is 0 Å². The second-order valence-electron chi connectivity index (χ2n) is 14.7. The van der Waals surface area contributed by atoms with Gasteiger partial charge < -0.3 is 30.3 Å². The molecule has 4 aromatic carbocycles. The van der Waals surface area contributed by atoms with E-state index in [9.17, 15) is 14.9 Å². The summed E-state index contributed by atoms with van der Waals surface area (Å²) in [5, 5.41) is 40.1. The Hall–Kier alpha value is -6.26. The molecule has 0 aliphatic rings. The highest BCUT2D eigenvalue weighted by molar-refractivity contribution is 6.32. The molecule has 2 heterocycles. The molecule has 0 aliphatic heterocycles. The van der Waals surface area contributed by atoms with Crippen LogP contribution in [0.1, 0.15) is 64.8 Å². The zero-order chi connectivity index (χ0) is 42.6. The van der Waals surface area contributed by atoms with Crippen LogP contribution in [0.3, 0.4) is 0 Å². The fourth-order valence-corrected chi connectivity index (χ4v) is 7.46. The number of aliphatic carboxylic acids is 2. The number of carboxylic acid groups (broad SMARTS) is 2. The average molecular weight is 829 g/mol. The van der Waals surface area contributed by atoms with E-state index in [1.54, 1.807) is 24.4 Å². The minimum absolute atomic E-state index is 0.0712. The lowest BCUT2D eigenvalue weighted by Crippen LogP contribution is -2.22. The molecular weight excluding hydrogens is 780 g/mol. The highest BCUT2D eigenvalue weighted by atomic mass is 35.5. The van der Waals surface area contributed by atoms with Gasteiger partial charge in [0.25, 0.3) is 0 Å². The number of halogens is 1. The number of carboxylic acids is 2. The third kappa shape index (κ3) is 11.1. The molecule has 0 amide bonds. The summed E-state index contributed by atoms with van der Waals surface area (Å²) >= 11 is 6.81. The van der Waals surface area contributed by atoms with Crippen LogP contribution in [0.25, 0.3) is 33.2 Å². The first-order valence-corrected chi connectivity index (χ1v) is 20.3. The van der Waals surface area contributed by atoms with Crippen molar-refractivity contribution in [1.29, 1.82) is 5.26 Å². The average Bonchev–Trinajstić information content (AvgIpc) is 3.55. The first kappa shape index (κ1) is 43.3. The molecule has 13 heteroatoms. The van der Waals surface area contributed by atoms with Crippen molar-refractivity contribution < 1.29 is 29.3 Å². The number of pyridine rings is 1. The van der Waals surface area contributed by atoms with Gasteiger partial charge in [-0.15, -0.1) is 0 Å². The summed E-state index contributed by atoms with van der Waals surface area (Å²) in [5.74, 6) is -0.624. The Morgan fingerprint density at radius 2 is 1.48 bits per heavy atom. The Labute approximate surface area is 354 Å². The summed E-state index contributed by atoms with van der Waals surface area (Å²) in [7, 11) is 0. The van der Waals surface area contributed by atoms with Gasteiger partial charge in [-0.2, -0.15) is 10.4 Å². The van der Waals surface area contributed by atoms with Gasteiger partial charge in [-0.1, -0.05) is 54.1 Å². The van der Waals surface area contributed by atoms with Crippen molar-refractivity contribution in [2.45, 2.75) is 72.8 Å². The Kier molecular flexibility index (Phi) is 14.9. The lowest BCUT2D eigenvalue weighted by Gasteiger charge is -2.18. The molecular formula is C47H49ClN6O6. The molecule has 0 unspecified atom stereocenters. The van der Waals surface area contributed by atoms with Crippen molar-refractivity contribution in [1.82, 2.24) is 25.4 Å². The highest BCUT2D eigenvalue weighted by Gasteiger charge is 2.17. The first-order valence-electron chi connectivity index (χ1n) is 20.0. The van der Waals surface area contributed by atoms with Crippen LogP contribution in [0.4, 0.5) is 0 Å². The molecule has 0 fully saturated rings. The summed E-state index contributed by atoms with van der Waals surface area (Å²) in [6.45, 7) is 9.65. The van der Waals surface area contributed by atoms with Gasteiger partial charge in [0.1, 0.15) is 30.8 Å². The Bertz CT molecular complexity index is 2530. The standard InChI is InChI=1S/C47H49ClN6O6/c1-30-36(29-60-45-23-44(59-28-34-20-33(24-49)25-52-26-34)37(22-42(45)48)27-51-17-7-13-47(57)58)8-4-10-39(30)40-11-5-9-38(31(40)2)35-14-15-43-41(21-35)32(3)53-54(43)19-18-50-16-6-12-46(55)56/h4-5,8-11,14-15,20-23,25-26,50-51H,6-7,12-13,16-19,27-29H2,1-3H3,(H,55,56)(H,57,58). The molecule has 0 saturated heterocycles. The molecule has 0 spiro atoms. The van der Waals surface area contributed by atoms with Gasteiger partial charge >= 0.3 is 11.9 Å². The number of nitriles is 1. The summed E-state index contributed by atoms with van der Waals surface area (Å²) in [4.78, 5) is 25.9. The van der Waals surface area contributed by atoms with E-state index in [-0.39, 0.29) is 26.1 Å². The van der Waals surface area contributed by atoms with Crippen LogP contribution in [-0.4, -0.2) is 56.6 Å². The highest BCUT2D eigenvalue weighted by Crippen LogP contribution is 2.37. The van der Waals surface area contributed by atoms with Gasteiger partial charge in [-0.25, -0.2) is 0 Å². The van der Waals surface area contributed by atoms with Crippen molar-refractivity contribution >= 4 is 34.4 Å². The molecule has 0 aliphatic carbocycles.